The Balaban J connectivity index is 1.90. The molecule has 104 valence electrons. The molecule has 0 radical (unpaired) electrons. The third-order valence-corrected chi connectivity index (χ3v) is 3.35. The Kier molecular flexibility index (Phi) is 5.17. The first kappa shape index (κ1) is 15.0. The molecule has 2 aromatic rings. The van der Waals surface area contributed by atoms with Crippen LogP contribution in [0.3, 0.4) is 0 Å². The zero-order chi connectivity index (χ0) is 14.5. The summed E-state index contributed by atoms with van der Waals surface area (Å²) in [5, 5.41) is 7.41. The molecular formula is C14H13Cl2N3S. The Hall–Kier alpha value is -1.36. The minimum absolute atomic E-state index is 0.428. The molecule has 0 bridgehead atoms. The molecular weight excluding hydrogens is 313 g/mol. The number of hydrogen-bond donors (Lipinski definition) is 2. The van der Waals surface area contributed by atoms with E-state index in [1.54, 1.807) is 6.07 Å². The Morgan fingerprint density at radius 1 is 1.25 bits per heavy atom. The van der Waals surface area contributed by atoms with E-state index >= 15 is 0 Å². The summed E-state index contributed by atoms with van der Waals surface area (Å²) in [6.45, 7) is 2.69. The highest BCUT2D eigenvalue weighted by Crippen LogP contribution is 2.22. The maximum Gasteiger partial charge on any atom is 0.172 e. The van der Waals surface area contributed by atoms with E-state index in [9.17, 15) is 0 Å². The zero-order valence-electron chi connectivity index (χ0n) is 10.8. The molecule has 0 saturated carbocycles. The van der Waals surface area contributed by atoms with Gasteiger partial charge in [-0.2, -0.15) is 0 Å². The predicted molar refractivity (Wildman–Crippen MR) is 88.5 cm³/mol. The molecule has 0 aliphatic heterocycles. The van der Waals surface area contributed by atoms with Crippen molar-refractivity contribution >= 4 is 46.4 Å². The second-order valence-corrected chi connectivity index (χ2v) is 5.53. The summed E-state index contributed by atoms with van der Waals surface area (Å²) in [5.41, 5.74) is 2.38. The van der Waals surface area contributed by atoms with Crippen LogP contribution in [0.5, 0.6) is 0 Å². The lowest BCUT2D eigenvalue weighted by molar-refractivity contribution is 0.924. The smallest absolute Gasteiger partial charge is 0.172 e. The minimum Gasteiger partial charge on any atom is -0.358 e. The number of anilines is 1. The van der Waals surface area contributed by atoms with Crippen LogP contribution >= 0.6 is 35.4 Å². The molecule has 0 aliphatic rings. The molecule has 0 atom stereocenters. The normalized spacial score (nSPS) is 10.2. The van der Waals surface area contributed by atoms with Crippen molar-refractivity contribution in [1.29, 1.82) is 0 Å². The third kappa shape index (κ3) is 4.34. The molecule has 1 aromatic heterocycles. The first-order valence-corrected chi connectivity index (χ1v) is 7.12. The van der Waals surface area contributed by atoms with Gasteiger partial charge in [-0.3, -0.25) is 0 Å². The van der Waals surface area contributed by atoms with Crippen molar-refractivity contribution in [3.63, 3.8) is 0 Å². The van der Waals surface area contributed by atoms with Gasteiger partial charge >= 0.3 is 0 Å². The largest absolute Gasteiger partial charge is 0.358 e. The second kappa shape index (κ2) is 6.88. The second-order valence-electron chi connectivity index (χ2n) is 4.28. The number of nitrogens with zero attached hydrogens (tertiary/aromatic N) is 1. The lowest BCUT2D eigenvalue weighted by atomic mass is 10.1. The topological polar surface area (TPSA) is 37.0 Å². The van der Waals surface area contributed by atoms with Crippen molar-refractivity contribution < 1.29 is 0 Å². The molecule has 6 heteroatoms. The quantitative estimate of drug-likeness (QED) is 0.830. The minimum atomic E-state index is 0.428. The Morgan fingerprint density at radius 2 is 1.95 bits per heavy atom. The maximum absolute atomic E-state index is 6.01. The summed E-state index contributed by atoms with van der Waals surface area (Å²) in [7, 11) is 0. The van der Waals surface area contributed by atoms with Crippen LogP contribution in [0.25, 0.3) is 0 Å². The van der Waals surface area contributed by atoms with Crippen molar-refractivity contribution in [2.45, 2.75) is 13.5 Å². The van der Waals surface area contributed by atoms with Gasteiger partial charge in [-0.15, -0.1) is 0 Å². The van der Waals surface area contributed by atoms with E-state index in [2.05, 4.69) is 46.8 Å². The van der Waals surface area contributed by atoms with E-state index in [1.807, 2.05) is 0 Å². The Morgan fingerprint density at radius 3 is 2.60 bits per heavy atom. The molecule has 0 aliphatic carbocycles. The molecule has 2 rings (SSSR count). The average molecular weight is 326 g/mol. The van der Waals surface area contributed by atoms with Crippen molar-refractivity contribution in [3.05, 3.63) is 57.7 Å². The van der Waals surface area contributed by atoms with E-state index < -0.39 is 0 Å². The van der Waals surface area contributed by atoms with Crippen LogP contribution in [0.15, 0.2) is 36.5 Å². The lowest BCUT2D eigenvalue weighted by Crippen LogP contribution is -2.28. The highest BCUT2D eigenvalue weighted by atomic mass is 35.5. The summed E-state index contributed by atoms with van der Waals surface area (Å²) in [4.78, 5) is 4.08. The van der Waals surface area contributed by atoms with Gasteiger partial charge in [0.25, 0.3) is 0 Å². The van der Waals surface area contributed by atoms with E-state index in [4.69, 9.17) is 35.4 Å². The number of halogens is 2. The van der Waals surface area contributed by atoms with Crippen LogP contribution in [0.1, 0.15) is 11.1 Å². The zero-order valence-corrected chi connectivity index (χ0v) is 13.1. The van der Waals surface area contributed by atoms with Gasteiger partial charge in [0.05, 0.1) is 10.0 Å². The number of hydrogen-bond acceptors (Lipinski definition) is 2. The molecule has 3 nitrogen and oxygen atoms in total. The number of thiocarbonyl (C=S) groups is 1. The van der Waals surface area contributed by atoms with Gasteiger partial charge in [-0.05, 0) is 30.8 Å². The first-order chi connectivity index (χ1) is 9.54. The van der Waals surface area contributed by atoms with Crippen molar-refractivity contribution in [3.8, 4) is 0 Å². The summed E-state index contributed by atoms with van der Waals surface area (Å²) < 4.78 is 0. The van der Waals surface area contributed by atoms with Gasteiger partial charge in [0, 0.05) is 12.7 Å². The Labute approximate surface area is 133 Å². The van der Waals surface area contributed by atoms with Gasteiger partial charge in [-0.25, -0.2) is 4.98 Å². The highest BCUT2D eigenvalue weighted by Gasteiger charge is 2.05. The number of aryl methyl sites for hydroxylation is 1. The fourth-order valence-corrected chi connectivity index (χ4v) is 2.14. The number of rotatable bonds is 3. The predicted octanol–water partition coefficient (Wildman–Crippen LogP) is 4.18. The Bertz CT molecular complexity index is 614. The highest BCUT2D eigenvalue weighted by molar-refractivity contribution is 7.80. The van der Waals surface area contributed by atoms with Crippen LogP contribution in [-0.4, -0.2) is 10.1 Å². The van der Waals surface area contributed by atoms with Gasteiger partial charge in [0.2, 0.25) is 0 Å². The number of aromatic nitrogens is 1. The molecule has 1 aromatic carbocycles. The number of nitrogens with one attached hydrogen (secondary N) is 2. The summed E-state index contributed by atoms with van der Waals surface area (Å²) in [6.07, 6.45) is 1.51. The van der Waals surface area contributed by atoms with Crippen LogP contribution in [-0.2, 0) is 6.54 Å². The number of pyridine rings is 1. The van der Waals surface area contributed by atoms with Crippen LogP contribution in [0, 0.1) is 6.92 Å². The van der Waals surface area contributed by atoms with Gasteiger partial charge in [-0.1, -0.05) is 53.0 Å². The van der Waals surface area contributed by atoms with Crippen LogP contribution in [0.2, 0.25) is 10.0 Å². The fourth-order valence-electron chi connectivity index (χ4n) is 1.55. The average Bonchev–Trinajstić information content (AvgIpc) is 2.41. The molecule has 0 amide bonds. The standard InChI is InChI=1S/C14H13Cl2N3S/c1-9-2-4-10(5-3-9)7-18-14(20)19-13-12(16)6-11(15)8-17-13/h2-6,8H,7H2,1H3,(H2,17,18,19,20). The van der Waals surface area contributed by atoms with E-state index in [-0.39, 0.29) is 0 Å². The molecule has 20 heavy (non-hydrogen) atoms. The molecule has 0 unspecified atom stereocenters. The molecule has 0 saturated heterocycles. The van der Waals surface area contributed by atoms with Crippen LogP contribution < -0.4 is 10.6 Å². The SMILES string of the molecule is Cc1ccc(CNC(=S)Nc2ncc(Cl)cc2Cl)cc1. The van der Waals surface area contributed by atoms with E-state index in [0.717, 1.165) is 5.56 Å². The summed E-state index contributed by atoms with van der Waals surface area (Å²) in [6, 6.07) is 9.84. The molecule has 0 fully saturated rings. The molecule has 2 N–H and O–H groups in total. The van der Waals surface area contributed by atoms with Crippen LogP contribution in [0.4, 0.5) is 5.82 Å². The van der Waals surface area contributed by atoms with E-state index in [0.29, 0.717) is 27.5 Å². The number of benzene rings is 1. The van der Waals surface area contributed by atoms with Crippen molar-refractivity contribution in [2.24, 2.45) is 0 Å². The summed E-state index contributed by atoms with van der Waals surface area (Å²) >= 11 is 17.0. The van der Waals surface area contributed by atoms with Crippen molar-refractivity contribution in [1.82, 2.24) is 10.3 Å². The lowest BCUT2D eigenvalue weighted by Gasteiger charge is -2.11. The van der Waals surface area contributed by atoms with Gasteiger partial charge in [0.1, 0.15) is 0 Å². The summed E-state index contributed by atoms with van der Waals surface area (Å²) in [5.74, 6) is 0.484. The third-order valence-electron chi connectivity index (χ3n) is 2.61. The fraction of sp³-hybridized carbons (Fsp3) is 0.143. The monoisotopic (exact) mass is 325 g/mol. The van der Waals surface area contributed by atoms with E-state index in [1.165, 1.54) is 11.8 Å². The van der Waals surface area contributed by atoms with Crippen molar-refractivity contribution in [2.75, 3.05) is 5.32 Å². The molecule has 1 heterocycles. The molecule has 0 spiro atoms. The maximum atomic E-state index is 6.01. The van der Waals surface area contributed by atoms with Gasteiger partial charge in [0.15, 0.2) is 10.9 Å². The van der Waals surface area contributed by atoms with Gasteiger partial charge < -0.3 is 10.6 Å². The first-order valence-electron chi connectivity index (χ1n) is 5.96.